The summed E-state index contributed by atoms with van der Waals surface area (Å²) in [7, 11) is 0. The number of fused-ring (bicyclic) bond motifs is 1. The number of nitrogens with zero attached hydrogens (tertiary/aromatic N) is 2. The van der Waals surface area contributed by atoms with Gasteiger partial charge in [0, 0.05) is 26.1 Å². The Kier molecular flexibility index (Phi) is 4.00. The number of benzene rings is 1. The molecule has 0 bridgehead atoms. The number of rotatable bonds is 3. The first-order valence-corrected chi connectivity index (χ1v) is 8.70. The molecule has 122 valence electrons. The third-order valence-electron chi connectivity index (χ3n) is 4.20. The van der Waals surface area contributed by atoms with Gasteiger partial charge in [0.25, 0.3) is 5.56 Å². The van der Waals surface area contributed by atoms with Crippen LogP contribution >= 0.6 is 11.3 Å². The number of thiophene rings is 1. The Bertz CT molecular complexity index is 920. The predicted octanol–water partition coefficient (Wildman–Crippen LogP) is 3.20. The first kappa shape index (κ1) is 15.2. The number of hydrogen-bond donors (Lipinski definition) is 1. The maximum absolute atomic E-state index is 13.3. The average molecular weight is 341 g/mol. The average Bonchev–Trinajstić information content (AvgIpc) is 3.10. The molecule has 4 nitrogen and oxygen atoms in total. The Labute approximate surface area is 142 Å². The molecule has 1 N–H and O–H groups in total. The first-order valence-electron chi connectivity index (χ1n) is 7.82. The molecule has 0 fully saturated rings. The van der Waals surface area contributed by atoms with Gasteiger partial charge in [-0.25, -0.2) is 9.37 Å². The van der Waals surface area contributed by atoms with Crippen LogP contribution in [0.25, 0.3) is 10.7 Å². The Morgan fingerprint density at radius 1 is 1.29 bits per heavy atom. The van der Waals surface area contributed by atoms with Crippen LogP contribution in [-0.4, -0.2) is 21.4 Å². The summed E-state index contributed by atoms with van der Waals surface area (Å²) in [6.45, 7) is 1.98. The Balaban J connectivity index is 1.58. The molecule has 4 rings (SSSR count). The largest absolute Gasteiger partial charge is 0.306 e. The lowest BCUT2D eigenvalue weighted by molar-refractivity contribution is 0.241. The fraction of sp³-hybridized carbons (Fsp3) is 0.222. The van der Waals surface area contributed by atoms with Crippen molar-refractivity contribution >= 4 is 11.3 Å². The van der Waals surface area contributed by atoms with Crippen LogP contribution in [-0.2, 0) is 19.5 Å². The minimum atomic E-state index is -0.231. The summed E-state index contributed by atoms with van der Waals surface area (Å²) in [5.41, 5.74) is 2.43. The van der Waals surface area contributed by atoms with Crippen molar-refractivity contribution in [3.05, 3.63) is 74.8 Å². The van der Waals surface area contributed by atoms with E-state index in [9.17, 15) is 9.18 Å². The highest BCUT2D eigenvalue weighted by Crippen LogP contribution is 2.23. The summed E-state index contributed by atoms with van der Waals surface area (Å²) in [5, 5.41) is 1.97. The predicted molar refractivity (Wildman–Crippen MR) is 92.4 cm³/mol. The van der Waals surface area contributed by atoms with Gasteiger partial charge in [0.1, 0.15) is 5.82 Å². The molecule has 0 amide bonds. The number of hydrogen-bond acceptors (Lipinski definition) is 4. The van der Waals surface area contributed by atoms with Gasteiger partial charge in [0.05, 0.1) is 16.1 Å². The lowest BCUT2D eigenvalue weighted by Gasteiger charge is -2.27. The number of aromatic nitrogens is 2. The number of H-pyrrole nitrogens is 1. The zero-order chi connectivity index (χ0) is 16.5. The van der Waals surface area contributed by atoms with E-state index < -0.39 is 0 Å². The second-order valence-electron chi connectivity index (χ2n) is 5.91. The molecule has 1 aromatic carbocycles. The standard InChI is InChI=1S/C18H16FN3OS/c19-13-4-1-3-12(9-13)10-22-7-6-15-14(11-22)18(23)21-17(20-15)16-5-2-8-24-16/h1-5,8-9H,6-7,10-11H2,(H,20,21,23). The Morgan fingerprint density at radius 3 is 3.00 bits per heavy atom. The number of aromatic amines is 1. The highest BCUT2D eigenvalue weighted by Gasteiger charge is 2.21. The molecule has 3 aromatic rings. The van der Waals surface area contributed by atoms with Crippen LogP contribution in [0.4, 0.5) is 4.39 Å². The van der Waals surface area contributed by atoms with Crippen molar-refractivity contribution in [3.63, 3.8) is 0 Å². The van der Waals surface area contributed by atoms with Gasteiger partial charge in [0.15, 0.2) is 5.82 Å². The quantitative estimate of drug-likeness (QED) is 0.796. The van der Waals surface area contributed by atoms with Crippen molar-refractivity contribution < 1.29 is 4.39 Å². The van der Waals surface area contributed by atoms with Crippen molar-refractivity contribution in [1.29, 1.82) is 0 Å². The second-order valence-corrected chi connectivity index (χ2v) is 6.86. The van der Waals surface area contributed by atoms with E-state index >= 15 is 0 Å². The smallest absolute Gasteiger partial charge is 0.255 e. The molecule has 0 saturated carbocycles. The third kappa shape index (κ3) is 3.02. The summed E-state index contributed by atoms with van der Waals surface area (Å²) in [5.74, 6) is 0.414. The van der Waals surface area contributed by atoms with Crippen LogP contribution < -0.4 is 5.56 Å². The maximum Gasteiger partial charge on any atom is 0.255 e. The van der Waals surface area contributed by atoms with Gasteiger partial charge in [-0.15, -0.1) is 11.3 Å². The zero-order valence-electron chi connectivity index (χ0n) is 13.0. The van der Waals surface area contributed by atoms with Gasteiger partial charge >= 0.3 is 0 Å². The fourth-order valence-electron chi connectivity index (χ4n) is 3.04. The van der Waals surface area contributed by atoms with Gasteiger partial charge in [-0.2, -0.15) is 0 Å². The molecular formula is C18H16FN3OS. The van der Waals surface area contributed by atoms with Crippen LogP contribution in [0.15, 0.2) is 46.6 Å². The van der Waals surface area contributed by atoms with E-state index in [2.05, 4.69) is 14.9 Å². The fourth-order valence-corrected chi connectivity index (χ4v) is 3.71. The van der Waals surface area contributed by atoms with Gasteiger partial charge < -0.3 is 4.98 Å². The molecule has 0 atom stereocenters. The number of halogens is 1. The summed E-state index contributed by atoms with van der Waals surface area (Å²) < 4.78 is 13.3. The van der Waals surface area contributed by atoms with Gasteiger partial charge in [-0.3, -0.25) is 9.69 Å². The molecule has 6 heteroatoms. The van der Waals surface area contributed by atoms with E-state index in [0.29, 0.717) is 18.9 Å². The van der Waals surface area contributed by atoms with E-state index in [0.717, 1.165) is 34.7 Å². The van der Waals surface area contributed by atoms with Crippen molar-refractivity contribution in [2.24, 2.45) is 0 Å². The molecule has 2 aromatic heterocycles. The maximum atomic E-state index is 13.3. The monoisotopic (exact) mass is 341 g/mol. The molecule has 0 radical (unpaired) electrons. The van der Waals surface area contributed by atoms with Crippen molar-refractivity contribution in [2.45, 2.75) is 19.5 Å². The van der Waals surface area contributed by atoms with E-state index in [1.807, 2.05) is 23.6 Å². The van der Waals surface area contributed by atoms with Crippen LogP contribution in [0.2, 0.25) is 0 Å². The van der Waals surface area contributed by atoms with Crippen LogP contribution in [0, 0.1) is 5.82 Å². The molecule has 1 aliphatic rings. The molecule has 0 spiro atoms. The SMILES string of the molecule is O=c1[nH]c(-c2cccs2)nc2c1CN(Cc1cccc(F)c1)CC2. The van der Waals surface area contributed by atoms with Gasteiger partial charge in [0.2, 0.25) is 0 Å². The van der Waals surface area contributed by atoms with Crippen molar-refractivity contribution in [3.8, 4) is 10.7 Å². The van der Waals surface area contributed by atoms with E-state index in [1.165, 1.54) is 12.1 Å². The van der Waals surface area contributed by atoms with Crippen LogP contribution in [0.5, 0.6) is 0 Å². The minimum absolute atomic E-state index is 0.0765. The van der Waals surface area contributed by atoms with Gasteiger partial charge in [-0.1, -0.05) is 18.2 Å². The molecule has 24 heavy (non-hydrogen) atoms. The molecule has 0 saturated heterocycles. The second kappa shape index (κ2) is 6.30. The van der Waals surface area contributed by atoms with E-state index in [4.69, 9.17) is 0 Å². The molecule has 0 aliphatic carbocycles. The zero-order valence-corrected chi connectivity index (χ0v) is 13.8. The van der Waals surface area contributed by atoms with Gasteiger partial charge in [-0.05, 0) is 29.1 Å². The van der Waals surface area contributed by atoms with Crippen molar-refractivity contribution in [2.75, 3.05) is 6.54 Å². The van der Waals surface area contributed by atoms with E-state index in [-0.39, 0.29) is 11.4 Å². The Morgan fingerprint density at radius 2 is 2.21 bits per heavy atom. The number of nitrogens with one attached hydrogen (secondary N) is 1. The van der Waals surface area contributed by atoms with Crippen LogP contribution in [0.3, 0.4) is 0 Å². The topological polar surface area (TPSA) is 49.0 Å². The molecular weight excluding hydrogens is 325 g/mol. The summed E-state index contributed by atoms with van der Waals surface area (Å²) >= 11 is 1.56. The normalized spacial score (nSPS) is 14.5. The summed E-state index contributed by atoms with van der Waals surface area (Å²) in [4.78, 5) is 23.1. The summed E-state index contributed by atoms with van der Waals surface area (Å²) in [6, 6.07) is 10.5. The van der Waals surface area contributed by atoms with Crippen LogP contribution in [0.1, 0.15) is 16.8 Å². The van der Waals surface area contributed by atoms with E-state index in [1.54, 1.807) is 17.4 Å². The lowest BCUT2D eigenvalue weighted by Crippen LogP contribution is -2.35. The molecule has 3 heterocycles. The lowest BCUT2D eigenvalue weighted by atomic mass is 10.1. The first-order chi connectivity index (χ1) is 11.7. The minimum Gasteiger partial charge on any atom is -0.306 e. The highest BCUT2D eigenvalue weighted by molar-refractivity contribution is 7.13. The van der Waals surface area contributed by atoms with Crippen molar-refractivity contribution in [1.82, 2.24) is 14.9 Å². The molecule has 0 unspecified atom stereocenters. The Hall–Kier alpha value is -2.31. The third-order valence-corrected chi connectivity index (χ3v) is 5.07. The summed E-state index contributed by atoms with van der Waals surface area (Å²) in [6.07, 6.45) is 0.729. The highest BCUT2D eigenvalue weighted by atomic mass is 32.1. The molecule has 1 aliphatic heterocycles.